The van der Waals surface area contributed by atoms with Gasteiger partial charge in [0.2, 0.25) is 0 Å². The predicted molar refractivity (Wildman–Crippen MR) is 82.0 cm³/mol. The molecule has 0 fully saturated rings. The number of fused-ring (bicyclic) bond motifs is 1. The molecule has 2 aromatic carbocycles. The molecular weight excluding hydrogens is 254 g/mol. The minimum absolute atomic E-state index is 0.816. The van der Waals surface area contributed by atoms with Crippen LogP contribution < -0.4 is 0 Å². The van der Waals surface area contributed by atoms with Crippen LogP contribution in [0.3, 0.4) is 0 Å². The fourth-order valence-electron chi connectivity index (χ4n) is 2.42. The highest BCUT2D eigenvalue weighted by Gasteiger charge is 2.05. The summed E-state index contributed by atoms with van der Waals surface area (Å²) in [5.74, 6) is 0. The van der Waals surface area contributed by atoms with Gasteiger partial charge in [-0.1, -0.05) is 35.9 Å². The van der Waals surface area contributed by atoms with Gasteiger partial charge < -0.3 is 4.57 Å². The van der Waals surface area contributed by atoms with Crippen LogP contribution in [-0.2, 0) is 6.54 Å². The fourth-order valence-corrected chi connectivity index (χ4v) is 2.65. The highest BCUT2D eigenvalue weighted by molar-refractivity contribution is 6.35. The Kier molecular flexibility index (Phi) is 3.08. The van der Waals surface area contributed by atoms with E-state index in [2.05, 4.69) is 54.9 Å². The summed E-state index contributed by atoms with van der Waals surface area (Å²) in [5, 5.41) is 1.93. The van der Waals surface area contributed by atoms with E-state index in [1.807, 2.05) is 12.1 Å². The summed E-state index contributed by atoms with van der Waals surface area (Å²) in [4.78, 5) is 0. The highest BCUT2D eigenvalue weighted by atomic mass is 35.5. The Balaban J connectivity index is 2.01. The first-order chi connectivity index (χ1) is 9.15. The Labute approximate surface area is 118 Å². The van der Waals surface area contributed by atoms with Crippen LogP contribution in [0.15, 0.2) is 48.7 Å². The summed E-state index contributed by atoms with van der Waals surface area (Å²) in [6.07, 6.45) is 2.10. The Hall–Kier alpha value is -1.73. The van der Waals surface area contributed by atoms with E-state index in [1.165, 1.54) is 22.2 Å². The number of aryl methyl sites for hydroxylation is 2. The van der Waals surface area contributed by atoms with Crippen LogP contribution in [0.2, 0.25) is 5.02 Å². The molecule has 3 aromatic rings. The van der Waals surface area contributed by atoms with E-state index in [1.54, 1.807) is 0 Å². The number of benzene rings is 2. The van der Waals surface area contributed by atoms with Crippen molar-refractivity contribution < 1.29 is 0 Å². The van der Waals surface area contributed by atoms with Gasteiger partial charge >= 0.3 is 0 Å². The molecule has 0 aliphatic heterocycles. The van der Waals surface area contributed by atoms with Crippen molar-refractivity contribution >= 4 is 22.5 Å². The quantitative estimate of drug-likeness (QED) is 0.620. The molecule has 19 heavy (non-hydrogen) atoms. The number of aromatic nitrogens is 1. The van der Waals surface area contributed by atoms with Crippen molar-refractivity contribution in [3.8, 4) is 0 Å². The van der Waals surface area contributed by atoms with Crippen molar-refractivity contribution in [1.29, 1.82) is 0 Å². The number of rotatable bonds is 2. The van der Waals surface area contributed by atoms with Gasteiger partial charge in [-0.05, 0) is 48.7 Å². The molecule has 0 aliphatic rings. The molecule has 0 bridgehead atoms. The topological polar surface area (TPSA) is 4.93 Å². The van der Waals surface area contributed by atoms with Crippen molar-refractivity contribution in [3.63, 3.8) is 0 Å². The lowest BCUT2D eigenvalue weighted by atomic mass is 10.1. The second kappa shape index (κ2) is 4.75. The van der Waals surface area contributed by atoms with Crippen molar-refractivity contribution in [3.05, 3.63) is 70.4 Å². The second-order valence-corrected chi connectivity index (χ2v) is 5.44. The van der Waals surface area contributed by atoms with Gasteiger partial charge in [-0.2, -0.15) is 0 Å². The average Bonchev–Trinajstić information content (AvgIpc) is 2.79. The summed E-state index contributed by atoms with van der Waals surface area (Å²) >= 11 is 6.21. The summed E-state index contributed by atoms with van der Waals surface area (Å²) in [6, 6.07) is 14.8. The zero-order valence-corrected chi connectivity index (χ0v) is 11.9. The van der Waals surface area contributed by atoms with Crippen LogP contribution in [0, 0.1) is 13.8 Å². The molecule has 0 spiro atoms. The molecule has 1 aromatic heterocycles. The van der Waals surface area contributed by atoms with Gasteiger partial charge in [0.05, 0.1) is 0 Å². The molecule has 1 nitrogen and oxygen atoms in total. The van der Waals surface area contributed by atoms with E-state index in [9.17, 15) is 0 Å². The average molecular weight is 270 g/mol. The van der Waals surface area contributed by atoms with Gasteiger partial charge in [-0.25, -0.2) is 0 Å². The zero-order valence-electron chi connectivity index (χ0n) is 11.2. The Morgan fingerprint density at radius 1 is 1.00 bits per heavy atom. The van der Waals surface area contributed by atoms with Gasteiger partial charge in [0.15, 0.2) is 0 Å². The van der Waals surface area contributed by atoms with Crippen LogP contribution in [0.5, 0.6) is 0 Å². The zero-order chi connectivity index (χ0) is 13.4. The summed E-state index contributed by atoms with van der Waals surface area (Å²) in [5.41, 5.74) is 5.18. The van der Waals surface area contributed by atoms with E-state index >= 15 is 0 Å². The number of nitrogens with zero attached hydrogens (tertiary/aromatic N) is 1. The van der Waals surface area contributed by atoms with E-state index in [0.29, 0.717) is 0 Å². The third-order valence-electron chi connectivity index (χ3n) is 3.68. The Morgan fingerprint density at radius 3 is 2.63 bits per heavy atom. The SMILES string of the molecule is Cc1ccc(Cn2ccc3c(Cl)cccc32)cc1C. The lowest BCUT2D eigenvalue weighted by molar-refractivity contribution is 0.835. The molecule has 0 unspecified atom stereocenters. The van der Waals surface area contributed by atoms with Crippen LogP contribution >= 0.6 is 11.6 Å². The van der Waals surface area contributed by atoms with Gasteiger partial charge in [0.25, 0.3) is 0 Å². The van der Waals surface area contributed by atoms with Gasteiger partial charge in [-0.3, -0.25) is 0 Å². The number of hydrogen-bond donors (Lipinski definition) is 0. The fraction of sp³-hybridized carbons (Fsp3) is 0.176. The Bertz CT molecular complexity index is 740. The molecule has 2 heteroatoms. The van der Waals surface area contributed by atoms with Crippen LogP contribution in [0.1, 0.15) is 16.7 Å². The second-order valence-electron chi connectivity index (χ2n) is 5.03. The first-order valence-electron chi connectivity index (χ1n) is 6.44. The molecule has 0 saturated heterocycles. The number of halogens is 1. The van der Waals surface area contributed by atoms with Crippen LogP contribution in [-0.4, -0.2) is 4.57 Å². The molecule has 0 N–H and O–H groups in total. The van der Waals surface area contributed by atoms with E-state index < -0.39 is 0 Å². The first kappa shape index (κ1) is 12.3. The molecule has 0 saturated carbocycles. The minimum Gasteiger partial charge on any atom is -0.343 e. The highest BCUT2D eigenvalue weighted by Crippen LogP contribution is 2.25. The Morgan fingerprint density at radius 2 is 1.84 bits per heavy atom. The molecule has 0 amide bonds. The van der Waals surface area contributed by atoms with E-state index in [-0.39, 0.29) is 0 Å². The van der Waals surface area contributed by atoms with Gasteiger partial charge in [0, 0.05) is 28.7 Å². The van der Waals surface area contributed by atoms with Crippen LogP contribution in [0.4, 0.5) is 0 Å². The molecule has 1 heterocycles. The largest absolute Gasteiger partial charge is 0.343 e. The normalized spacial score (nSPS) is 11.1. The van der Waals surface area contributed by atoms with Gasteiger partial charge in [0.1, 0.15) is 0 Å². The maximum atomic E-state index is 6.21. The van der Waals surface area contributed by atoms with Crippen molar-refractivity contribution in [2.75, 3.05) is 0 Å². The van der Waals surface area contributed by atoms with Gasteiger partial charge in [-0.15, -0.1) is 0 Å². The number of hydrogen-bond acceptors (Lipinski definition) is 0. The minimum atomic E-state index is 0.816. The first-order valence-corrected chi connectivity index (χ1v) is 6.82. The van der Waals surface area contributed by atoms with E-state index in [0.717, 1.165) is 17.0 Å². The molecule has 0 aliphatic carbocycles. The lowest BCUT2D eigenvalue weighted by Crippen LogP contribution is -1.98. The van der Waals surface area contributed by atoms with E-state index in [4.69, 9.17) is 11.6 Å². The summed E-state index contributed by atoms with van der Waals surface area (Å²) in [7, 11) is 0. The monoisotopic (exact) mass is 269 g/mol. The van der Waals surface area contributed by atoms with Crippen LogP contribution in [0.25, 0.3) is 10.9 Å². The summed E-state index contributed by atoms with van der Waals surface area (Å²) < 4.78 is 2.24. The molecule has 0 atom stereocenters. The lowest BCUT2D eigenvalue weighted by Gasteiger charge is -2.08. The van der Waals surface area contributed by atoms with Crippen molar-refractivity contribution in [2.45, 2.75) is 20.4 Å². The predicted octanol–water partition coefficient (Wildman–Crippen LogP) is 4.96. The summed E-state index contributed by atoms with van der Waals surface area (Å²) in [6.45, 7) is 5.18. The van der Waals surface area contributed by atoms with Crippen molar-refractivity contribution in [2.24, 2.45) is 0 Å². The standard InChI is InChI=1S/C17H16ClN/c1-12-6-7-14(10-13(12)2)11-19-9-8-15-16(18)4-3-5-17(15)19/h3-10H,11H2,1-2H3. The smallest absolute Gasteiger partial charge is 0.0499 e. The molecule has 0 radical (unpaired) electrons. The maximum Gasteiger partial charge on any atom is 0.0499 e. The maximum absolute atomic E-state index is 6.21. The third kappa shape index (κ3) is 2.26. The molecule has 96 valence electrons. The van der Waals surface area contributed by atoms with Crippen molar-refractivity contribution in [1.82, 2.24) is 4.57 Å². The molecular formula is C17H16ClN. The third-order valence-corrected chi connectivity index (χ3v) is 4.01. The molecule has 3 rings (SSSR count).